The van der Waals surface area contributed by atoms with Crippen molar-refractivity contribution in [1.82, 2.24) is 9.38 Å². The second-order valence-corrected chi connectivity index (χ2v) is 5.27. The van der Waals surface area contributed by atoms with Crippen molar-refractivity contribution in [3.63, 3.8) is 0 Å². The summed E-state index contributed by atoms with van der Waals surface area (Å²) in [6, 6.07) is 4.44. The monoisotopic (exact) mass is 229 g/mol. The SMILES string of the molecule is CC(C)c1ccn2c(C3CC3)nc(CN)c2c1. The summed E-state index contributed by atoms with van der Waals surface area (Å²) in [6.07, 6.45) is 4.70. The van der Waals surface area contributed by atoms with Crippen molar-refractivity contribution in [3.8, 4) is 0 Å². The zero-order valence-corrected chi connectivity index (χ0v) is 10.5. The van der Waals surface area contributed by atoms with Gasteiger partial charge in [0.15, 0.2) is 0 Å². The highest BCUT2D eigenvalue weighted by Gasteiger charge is 2.29. The number of hydrogen-bond acceptors (Lipinski definition) is 2. The van der Waals surface area contributed by atoms with Crippen molar-refractivity contribution >= 4 is 5.52 Å². The number of aromatic nitrogens is 2. The Kier molecular flexibility index (Phi) is 2.44. The van der Waals surface area contributed by atoms with Gasteiger partial charge in [0, 0.05) is 18.7 Å². The van der Waals surface area contributed by atoms with Crippen LogP contribution in [0.15, 0.2) is 18.3 Å². The van der Waals surface area contributed by atoms with E-state index in [9.17, 15) is 0 Å². The van der Waals surface area contributed by atoms with Gasteiger partial charge in [0.1, 0.15) is 5.82 Å². The van der Waals surface area contributed by atoms with E-state index in [-0.39, 0.29) is 0 Å². The number of rotatable bonds is 3. The first-order valence-electron chi connectivity index (χ1n) is 6.41. The van der Waals surface area contributed by atoms with Crippen LogP contribution in [0.5, 0.6) is 0 Å². The zero-order chi connectivity index (χ0) is 12.0. The number of hydrogen-bond donors (Lipinski definition) is 1. The molecule has 3 nitrogen and oxygen atoms in total. The summed E-state index contributed by atoms with van der Waals surface area (Å²) in [5, 5.41) is 0. The third kappa shape index (κ3) is 1.75. The number of fused-ring (bicyclic) bond motifs is 1. The van der Waals surface area contributed by atoms with Crippen LogP contribution in [0.1, 0.15) is 55.6 Å². The van der Waals surface area contributed by atoms with Crippen LogP contribution in [0.4, 0.5) is 0 Å². The quantitative estimate of drug-likeness (QED) is 0.879. The molecule has 17 heavy (non-hydrogen) atoms. The summed E-state index contributed by atoms with van der Waals surface area (Å²) >= 11 is 0. The van der Waals surface area contributed by atoms with E-state index in [1.165, 1.54) is 29.7 Å². The summed E-state index contributed by atoms with van der Waals surface area (Å²) in [7, 11) is 0. The van der Waals surface area contributed by atoms with Crippen LogP contribution >= 0.6 is 0 Å². The largest absolute Gasteiger partial charge is 0.325 e. The Bertz CT molecular complexity index is 550. The number of nitrogens with two attached hydrogens (primary N) is 1. The number of nitrogens with zero attached hydrogens (tertiary/aromatic N) is 2. The fourth-order valence-electron chi connectivity index (χ4n) is 2.33. The first kappa shape index (κ1) is 10.8. The summed E-state index contributed by atoms with van der Waals surface area (Å²) in [5.74, 6) is 2.41. The second kappa shape index (κ2) is 3.84. The molecule has 2 N–H and O–H groups in total. The van der Waals surface area contributed by atoms with E-state index in [1.807, 2.05) is 0 Å². The molecule has 0 spiro atoms. The molecule has 90 valence electrons. The maximum absolute atomic E-state index is 5.80. The molecule has 3 heteroatoms. The minimum atomic E-state index is 0.526. The molecule has 1 aliphatic rings. The van der Waals surface area contributed by atoms with Crippen molar-refractivity contribution in [1.29, 1.82) is 0 Å². The lowest BCUT2D eigenvalue weighted by Crippen LogP contribution is -1.98. The van der Waals surface area contributed by atoms with E-state index >= 15 is 0 Å². The van der Waals surface area contributed by atoms with Gasteiger partial charge in [0.05, 0.1) is 11.2 Å². The number of imidazole rings is 1. The Morgan fingerprint density at radius 2 is 2.24 bits per heavy atom. The molecule has 0 unspecified atom stereocenters. The van der Waals surface area contributed by atoms with E-state index in [0.717, 1.165) is 5.69 Å². The van der Waals surface area contributed by atoms with Gasteiger partial charge in [-0.25, -0.2) is 4.98 Å². The molecule has 0 aliphatic heterocycles. The molecule has 0 amide bonds. The molecule has 0 bridgehead atoms. The van der Waals surface area contributed by atoms with Gasteiger partial charge >= 0.3 is 0 Å². The fraction of sp³-hybridized carbons (Fsp3) is 0.500. The van der Waals surface area contributed by atoms with E-state index in [1.54, 1.807) is 0 Å². The molecular formula is C14H19N3. The van der Waals surface area contributed by atoms with Crippen LogP contribution < -0.4 is 5.73 Å². The Morgan fingerprint density at radius 1 is 1.47 bits per heavy atom. The Hall–Kier alpha value is -1.35. The van der Waals surface area contributed by atoms with Crippen LogP contribution in [-0.4, -0.2) is 9.38 Å². The molecule has 3 rings (SSSR count). The van der Waals surface area contributed by atoms with Crippen molar-refractivity contribution in [2.45, 2.75) is 45.1 Å². The molecule has 2 aromatic heterocycles. The third-order valence-electron chi connectivity index (χ3n) is 3.57. The smallest absolute Gasteiger partial charge is 0.116 e. The van der Waals surface area contributed by atoms with Crippen LogP contribution in [0.2, 0.25) is 0 Å². The molecule has 0 atom stereocenters. The lowest BCUT2D eigenvalue weighted by Gasteiger charge is -2.07. The maximum Gasteiger partial charge on any atom is 0.116 e. The second-order valence-electron chi connectivity index (χ2n) is 5.27. The van der Waals surface area contributed by atoms with E-state index < -0.39 is 0 Å². The average Bonchev–Trinajstić information content (AvgIpc) is 3.10. The van der Waals surface area contributed by atoms with E-state index in [0.29, 0.717) is 18.4 Å². The van der Waals surface area contributed by atoms with Crippen molar-refractivity contribution in [2.24, 2.45) is 5.73 Å². The molecule has 0 saturated heterocycles. The summed E-state index contributed by atoms with van der Waals surface area (Å²) in [4.78, 5) is 4.71. The highest BCUT2D eigenvalue weighted by Crippen LogP contribution is 2.40. The van der Waals surface area contributed by atoms with Gasteiger partial charge in [-0.15, -0.1) is 0 Å². The molecule has 2 heterocycles. The molecule has 0 aromatic carbocycles. The fourth-order valence-corrected chi connectivity index (χ4v) is 2.33. The van der Waals surface area contributed by atoms with E-state index in [4.69, 9.17) is 10.7 Å². The van der Waals surface area contributed by atoms with Crippen molar-refractivity contribution in [3.05, 3.63) is 35.4 Å². The van der Waals surface area contributed by atoms with Crippen LogP contribution in [0.25, 0.3) is 5.52 Å². The van der Waals surface area contributed by atoms with Gasteiger partial charge < -0.3 is 10.1 Å². The first-order chi connectivity index (χ1) is 8.20. The normalized spacial score (nSPS) is 16.0. The highest BCUT2D eigenvalue weighted by atomic mass is 15.0. The Balaban J connectivity index is 2.20. The van der Waals surface area contributed by atoms with Gasteiger partial charge in [-0.05, 0) is 36.5 Å². The molecule has 0 radical (unpaired) electrons. The van der Waals surface area contributed by atoms with Gasteiger partial charge in [0.25, 0.3) is 0 Å². The molecule has 1 aliphatic carbocycles. The van der Waals surface area contributed by atoms with E-state index in [2.05, 4.69) is 36.6 Å². The summed E-state index contributed by atoms with van der Waals surface area (Å²) in [6.45, 7) is 4.95. The Morgan fingerprint density at radius 3 is 2.82 bits per heavy atom. The van der Waals surface area contributed by atoms with Gasteiger partial charge in [-0.2, -0.15) is 0 Å². The highest BCUT2D eigenvalue weighted by molar-refractivity contribution is 5.56. The topological polar surface area (TPSA) is 43.3 Å². The molecule has 2 aromatic rings. The third-order valence-corrected chi connectivity index (χ3v) is 3.57. The predicted octanol–water partition coefficient (Wildman–Crippen LogP) is 2.79. The van der Waals surface area contributed by atoms with Crippen molar-refractivity contribution in [2.75, 3.05) is 0 Å². The minimum Gasteiger partial charge on any atom is -0.325 e. The predicted molar refractivity (Wildman–Crippen MR) is 69.1 cm³/mol. The maximum atomic E-state index is 5.80. The first-order valence-corrected chi connectivity index (χ1v) is 6.41. The van der Waals surface area contributed by atoms with Gasteiger partial charge in [0.2, 0.25) is 0 Å². The average molecular weight is 229 g/mol. The minimum absolute atomic E-state index is 0.526. The molecule has 1 fully saturated rings. The van der Waals surface area contributed by atoms with Crippen molar-refractivity contribution < 1.29 is 0 Å². The molecule has 1 saturated carbocycles. The number of pyridine rings is 1. The lowest BCUT2D eigenvalue weighted by atomic mass is 10.0. The van der Waals surface area contributed by atoms with Crippen LogP contribution in [-0.2, 0) is 6.54 Å². The standard InChI is InChI=1S/C14H19N3/c1-9(2)11-5-6-17-13(7-11)12(8-15)16-14(17)10-3-4-10/h5-7,9-10H,3-4,8,15H2,1-2H3. The van der Waals surface area contributed by atoms with Crippen LogP contribution in [0.3, 0.4) is 0 Å². The molecular weight excluding hydrogens is 210 g/mol. The van der Waals surface area contributed by atoms with Gasteiger partial charge in [-0.3, -0.25) is 0 Å². The summed E-state index contributed by atoms with van der Waals surface area (Å²) < 4.78 is 2.23. The Labute approximate surface area is 102 Å². The van der Waals surface area contributed by atoms with Gasteiger partial charge in [-0.1, -0.05) is 13.8 Å². The lowest BCUT2D eigenvalue weighted by molar-refractivity contribution is 0.857. The summed E-state index contributed by atoms with van der Waals surface area (Å²) in [5.41, 5.74) is 9.39. The zero-order valence-electron chi connectivity index (χ0n) is 10.5. The van der Waals surface area contributed by atoms with Crippen LogP contribution in [0, 0.1) is 0 Å².